The maximum Gasteiger partial charge on any atom is 0.416 e. The number of sulfone groups is 1. The van der Waals surface area contributed by atoms with Crippen molar-refractivity contribution < 1.29 is 26.4 Å². The predicted octanol–water partition coefficient (Wildman–Crippen LogP) is 4.05. The summed E-state index contributed by atoms with van der Waals surface area (Å²) < 4.78 is 63.3. The largest absolute Gasteiger partial charge is 0.416 e. The van der Waals surface area contributed by atoms with E-state index in [1.165, 1.54) is 29.2 Å². The highest BCUT2D eigenvalue weighted by atomic mass is 35.5. The Kier molecular flexibility index (Phi) is 5.22. The van der Waals surface area contributed by atoms with Crippen molar-refractivity contribution in [3.8, 4) is 0 Å². The van der Waals surface area contributed by atoms with E-state index in [1.54, 1.807) is 0 Å². The van der Waals surface area contributed by atoms with E-state index in [2.05, 4.69) is 0 Å². The third kappa shape index (κ3) is 4.11. The predicted molar refractivity (Wildman–Crippen MR) is 94.4 cm³/mol. The minimum Gasteiger partial charge on any atom is -0.337 e. The molecule has 1 aliphatic heterocycles. The van der Waals surface area contributed by atoms with Crippen LogP contribution in [-0.2, 0) is 16.0 Å². The second-order valence-electron chi connectivity index (χ2n) is 6.24. The molecule has 1 unspecified atom stereocenters. The standard InChI is InChI=1S/C18H15ClF3NO3S/c19-14-5-7-15(8-6-14)27(25,26)16-9-10-23(11-16)17(24)12-1-3-13(4-2-12)18(20,21)22/h1-8,16H,9-11H2. The Bertz CT molecular complexity index is 941. The van der Waals surface area contributed by atoms with E-state index >= 15 is 0 Å². The van der Waals surface area contributed by atoms with Crippen molar-refractivity contribution in [1.29, 1.82) is 0 Å². The van der Waals surface area contributed by atoms with Crippen molar-refractivity contribution in [2.24, 2.45) is 0 Å². The molecule has 0 spiro atoms. The van der Waals surface area contributed by atoms with E-state index in [0.29, 0.717) is 5.02 Å². The molecule has 3 rings (SSSR count). The molecule has 9 heteroatoms. The van der Waals surface area contributed by atoms with E-state index < -0.39 is 32.7 Å². The van der Waals surface area contributed by atoms with Crippen LogP contribution in [0.2, 0.25) is 5.02 Å². The number of halogens is 4. The first-order valence-electron chi connectivity index (χ1n) is 8.05. The van der Waals surface area contributed by atoms with Crippen molar-refractivity contribution in [2.45, 2.75) is 22.7 Å². The number of carbonyl (C=O) groups excluding carboxylic acids is 1. The number of hydrogen-bond acceptors (Lipinski definition) is 3. The van der Waals surface area contributed by atoms with Crippen LogP contribution in [0.3, 0.4) is 0 Å². The number of alkyl halides is 3. The van der Waals surface area contributed by atoms with E-state index in [4.69, 9.17) is 11.6 Å². The molecule has 0 radical (unpaired) electrons. The Labute approximate surface area is 159 Å². The highest BCUT2D eigenvalue weighted by Crippen LogP contribution is 2.30. The monoisotopic (exact) mass is 417 g/mol. The molecule has 0 saturated carbocycles. The maximum atomic E-state index is 12.7. The quantitative estimate of drug-likeness (QED) is 0.757. The van der Waals surface area contributed by atoms with Gasteiger partial charge >= 0.3 is 6.18 Å². The van der Waals surface area contributed by atoms with Crippen molar-refractivity contribution in [3.05, 3.63) is 64.7 Å². The zero-order chi connectivity index (χ0) is 19.8. The van der Waals surface area contributed by atoms with Gasteiger partial charge in [0, 0.05) is 23.7 Å². The van der Waals surface area contributed by atoms with Gasteiger partial charge in [-0.15, -0.1) is 0 Å². The molecule has 27 heavy (non-hydrogen) atoms. The van der Waals surface area contributed by atoms with Crippen LogP contribution in [0.25, 0.3) is 0 Å². The SMILES string of the molecule is O=C(c1ccc(C(F)(F)F)cc1)N1CCC(S(=O)(=O)c2ccc(Cl)cc2)C1. The summed E-state index contributed by atoms with van der Waals surface area (Å²) in [4.78, 5) is 14.0. The molecular weight excluding hydrogens is 403 g/mol. The number of likely N-dealkylation sites (tertiary alicyclic amines) is 1. The molecule has 1 fully saturated rings. The normalized spacial score (nSPS) is 17.9. The van der Waals surface area contributed by atoms with Crippen LogP contribution in [0, 0.1) is 0 Å². The Hall–Kier alpha value is -2.06. The molecule has 0 aliphatic carbocycles. The molecule has 144 valence electrons. The van der Waals surface area contributed by atoms with E-state index in [1.807, 2.05) is 0 Å². The van der Waals surface area contributed by atoms with Crippen molar-refractivity contribution in [2.75, 3.05) is 13.1 Å². The van der Waals surface area contributed by atoms with Gasteiger partial charge in [0.2, 0.25) is 0 Å². The fourth-order valence-electron chi connectivity index (χ4n) is 2.97. The highest BCUT2D eigenvalue weighted by molar-refractivity contribution is 7.92. The second kappa shape index (κ2) is 7.16. The summed E-state index contributed by atoms with van der Waals surface area (Å²) >= 11 is 5.78. The lowest BCUT2D eigenvalue weighted by Gasteiger charge is -2.17. The zero-order valence-electron chi connectivity index (χ0n) is 13.9. The summed E-state index contributed by atoms with van der Waals surface area (Å²) in [6.07, 6.45) is -4.22. The Morgan fingerprint density at radius 2 is 1.63 bits per heavy atom. The number of nitrogens with zero attached hydrogens (tertiary/aromatic N) is 1. The topological polar surface area (TPSA) is 54.5 Å². The molecule has 0 bridgehead atoms. The molecule has 4 nitrogen and oxygen atoms in total. The fraction of sp³-hybridized carbons (Fsp3) is 0.278. The molecule has 1 amide bonds. The van der Waals surface area contributed by atoms with E-state index in [9.17, 15) is 26.4 Å². The molecule has 1 atom stereocenters. The number of carbonyl (C=O) groups is 1. The summed E-state index contributed by atoms with van der Waals surface area (Å²) in [7, 11) is -3.63. The van der Waals surface area contributed by atoms with Crippen LogP contribution in [-0.4, -0.2) is 37.6 Å². The van der Waals surface area contributed by atoms with Gasteiger partial charge in [0.1, 0.15) is 0 Å². The summed E-state index contributed by atoms with van der Waals surface area (Å²) in [6.45, 7) is 0.210. The average molecular weight is 418 g/mol. The Balaban J connectivity index is 1.73. The first kappa shape index (κ1) is 19.7. The molecule has 1 saturated heterocycles. The Morgan fingerprint density at radius 1 is 1.04 bits per heavy atom. The van der Waals surface area contributed by atoms with Crippen LogP contribution in [0.5, 0.6) is 0 Å². The molecule has 1 aliphatic rings. The molecule has 0 N–H and O–H groups in total. The third-order valence-electron chi connectivity index (χ3n) is 4.47. The zero-order valence-corrected chi connectivity index (χ0v) is 15.5. The van der Waals surface area contributed by atoms with Gasteiger partial charge in [-0.2, -0.15) is 13.2 Å². The molecular formula is C18H15ClF3NO3S. The number of rotatable bonds is 3. The van der Waals surface area contributed by atoms with Crippen LogP contribution in [0.15, 0.2) is 53.4 Å². The lowest BCUT2D eigenvalue weighted by molar-refractivity contribution is -0.137. The van der Waals surface area contributed by atoms with Gasteiger partial charge in [-0.1, -0.05) is 11.6 Å². The highest BCUT2D eigenvalue weighted by Gasteiger charge is 2.36. The Morgan fingerprint density at radius 3 is 2.19 bits per heavy atom. The van der Waals surface area contributed by atoms with Crippen LogP contribution >= 0.6 is 11.6 Å². The lowest BCUT2D eigenvalue weighted by Crippen LogP contribution is -2.32. The van der Waals surface area contributed by atoms with E-state index in [-0.39, 0.29) is 30.0 Å². The summed E-state index contributed by atoms with van der Waals surface area (Å²) in [5, 5.41) is -0.350. The number of benzene rings is 2. The second-order valence-corrected chi connectivity index (χ2v) is 8.90. The van der Waals surface area contributed by atoms with E-state index in [0.717, 1.165) is 24.3 Å². The summed E-state index contributed by atoms with van der Waals surface area (Å²) in [6, 6.07) is 9.67. The lowest BCUT2D eigenvalue weighted by atomic mass is 10.1. The van der Waals surface area contributed by atoms with Gasteiger partial charge in [-0.3, -0.25) is 4.79 Å². The van der Waals surface area contributed by atoms with Gasteiger partial charge in [0.05, 0.1) is 15.7 Å². The first-order valence-corrected chi connectivity index (χ1v) is 9.97. The van der Waals surface area contributed by atoms with Crippen LogP contribution in [0.1, 0.15) is 22.3 Å². The van der Waals surface area contributed by atoms with Gasteiger partial charge in [-0.25, -0.2) is 8.42 Å². The minimum absolute atomic E-state index is 0.00911. The first-order chi connectivity index (χ1) is 12.6. The molecule has 2 aromatic rings. The van der Waals surface area contributed by atoms with Gasteiger partial charge in [0.15, 0.2) is 9.84 Å². The number of hydrogen-bond donors (Lipinski definition) is 0. The van der Waals surface area contributed by atoms with Crippen LogP contribution < -0.4 is 0 Å². The fourth-order valence-corrected chi connectivity index (χ4v) is 4.79. The molecule has 1 heterocycles. The average Bonchev–Trinajstić information content (AvgIpc) is 3.12. The molecule has 2 aromatic carbocycles. The number of amides is 1. The van der Waals surface area contributed by atoms with Gasteiger partial charge in [0.25, 0.3) is 5.91 Å². The molecule has 0 aromatic heterocycles. The third-order valence-corrected chi connectivity index (χ3v) is 6.92. The van der Waals surface area contributed by atoms with Gasteiger partial charge in [-0.05, 0) is 55.0 Å². The maximum absolute atomic E-state index is 12.7. The van der Waals surface area contributed by atoms with Gasteiger partial charge < -0.3 is 4.90 Å². The van der Waals surface area contributed by atoms with Crippen molar-refractivity contribution >= 4 is 27.3 Å². The summed E-state index contributed by atoms with van der Waals surface area (Å²) in [5.41, 5.74) is -0.754. The van der Waals surface area contributed by atoms with Crippen molar-refractivity contribution in [3.63, 3.8) is 0 Å². The summed E-state index contributed by atoms with van der Waals surface area (Å²) in [5.74, 6) is -0.488. The smallest absolute Gasteiger partial charge is 0.337 e. The van der Waals surface area contributed by atoms with Crippen molar-refractivity contribution in [1.82, 2.24) is 4.90 Å². The minimum atomic E-state index is -4.48. The van der Waals surface area contributed by atoms with Crippen LogP contribution in [0.4, 0.5) is 13.2 Å².